The summed E-state index contributed by atoms with van der Waals surface area (Å²) in [6.07, 6.45) is 1.000. The van der Waals surface area contributed by atoms with Crippen molar-refractivity contribution in [3.8, 4) is 0 Å². The highest BCUT2D eigenvalue weighted by Gasteiger charge is 2.17. The number of hydrogen-bond acceptors (Lipinski definition) is 3. The molecule has 0 spiro atoms. The summed E-state index contributed by atoms with van der Waals surface area (Å²) >= 11 is 12.5. The highest BCUT2D eigenvalue weighted by Crippen LogP contribution is 2.23. The number of carbonyl (C=O) groups is 2. The molecule has 0 saturated heterocycles. The second kappa shape index (κ2) is 11.4. The van der Waals surface area contributed by atoms with Crippen LogP contribution in [-0.4, -0.2) is 39.3 Å². The van der Waals surface area contributed by atoms with E-state index in [-0.39, 0.29) is 23.9 Å². The summed E-state index contributed by atoms with van der Waals surface area (Å²) < 4.78 is 3.49. The molecule has 37 heavy (non-hydrogen) atoms. The summed E-state index contributed by atoms with van der Waals surface area (Å²) in [6, 6.07) is 18.4. The van der Waals surface area contributed by atoms with Crippen molar-refractivity contribution in [2.24, 2.45) is 0 Å². The SMILES string of the molecule is Cc1ccc(C)c(CC(=O)N(C)CCCn2c(=N)n(CC(=O)c3ccc(Cl)cc3)c3cccc(Cl)c32)c1. The number of Topliss-reactive ketones (excluding diaryl/α,β-unsaturated/α-hetero) is 1. The second-order valence-electron chi connectivity index (χ2n) is 9.37. The van der Waals surface area contributed by atoms with Crippen molar-refractivity contribution in [2.75, 3.05) is 13.6 Å². The maximum absolute atomic E-state index is 13.0. The van der Waals surface area contributed by atoms with Gasteiger partial charge in [0.1, 0.15) is 0 Å². The number of amides is 1. The Morgan fingerprint density at radius 3 is 2.43 bits per heavy atom. The van der Waals surface area contributed by atoms with E-state index in [1.54, 1.807) is 46.8 Å². The van der Waals surface area contributed by atoms with Gasteiger partial charge in [0.05, 0.1) is 29.0 Å². The van der Waals surface area contributed by atoms with Gasteiger partial charge < -0.3 is 14.0 Å². The minimum absolute atomic E-state index is 0.0124. The van der Waals surface area contributed by atoms with Gasteiger partial charge in [-0.2, -0.15) is 0 Å². The molecule has 8 heteroatoms. The number of nitrogens with zero attached hydrogens (tertiary/aromatic N) is 3. The quantitative estimate of drug-likeness (QED) is 0.274. The summed E-state index contributed by atoms with van der Waals surface area (Å²) in [4.78, 5) is 27.5. The molecule has 6 nitrogen and oxygen atoms in total. The average Bonchev–Trinajstić information content (AvgIpc) is 3.13. The predicted octanol–water partition coefficient (Wildman–Crippen LogP) is 5.82. The molecule has 1 amide bonds. The van der Waals surface area contributed by atoms with E-state index in [4.69, 9.17) is 28.6 Å². The summed E-state index contributed by atoms with van der Waals surface area (Å²) in [6.45, 7) is 5.08. The van der Waals surface area contributed by atoms with E-state index >= 15 is 0 Å². The molecule has 0 aliphatic carbocycles. The lowest BCUT2D eigenvalue weighted by molar-refractivity contribution is -0.129. The molecule has 0 unspecified atom stereocenters. The smallest absolute Gasteiger partial charge is 0.226 e. The van der Waals surface area contributed by atoms with Gasteiger partial charge in [-0.1, -0.05) is 53.0 Å². The zero-order chi connectivity index (χ0) is 26.7. The van der Waals surface area contributed by atoms with Gasteiger partial charge in [-0.3, -0.25) is 15.0 Å². The number of carbonyl (C=O) groups excluding carboxylic acids is 2. The van der Waals surface area contributed by atoms with Crippen molar-refractivity contribution in [1.82, 2.24) is 14.0 Å². The number of para-hydroxylation sites is 1. The molecule has 0 aliphatic rings. The number of nitrogens with one attached hydrogen (secondary N) is 1. The Balaban J connectivity index is 1.49. The Kier molecular flexibility index (Phi) is 8.20. The maximum atomic E-state index is 13.0. The minimum Gasteiger partial charge on any atom is -0.345 e. The summed E-state index contributed by atoms with van der Waals surface area (Å²) in [5.74, 6) is -0.0650. The average molecular weight is 537 g/mol. The van der Waals surface area contributed by atoms with Crippen LogP contribution in [-0.2, 0) is 24.3 Å². The Hall–Kier alpha value is -3.35. The van der Waals surface area contributed by atoms with Crippen LogP contribution in [0.2, 0.25) is 10.0 Å². The van der Waals surface area contributed by atoms with Crippen LogP contribution in [0.4, 0.5) is 0 Å². The van der Waals surface area contributed by atoms with Crippen molar-refractivity contribution < 1.29 is 9.59 Å². The van der Waals surface area contributed by atoms with Crippen molar-refractivity contribution in [2.45, 2.75) is 39.8 Å². The molecule has 192 valence electrons. The maximum Gasteiger partial charge on any atom is 0.226 e. The third kappa shape index (κ3) is 5.97. The zero-order valence-electron chi connectivity index (χ0n) is 21.2. The van der Waals surface area contributed by atoms with Crippen molar-refractivity contribution >= 4 is 45.9 Å². The second-order valence-corrected chi connectivity index (χ2v) is 10.2. The highest BCUT2D eigenvalue weighted by molar-refractivity contribution is 6.35. The van der Waals surface area contributed by atoms with Gasteiger partial charge in [-0.25, -0.2) is 0 Å². The van der Waals surface area contributed by atoms with Gasteiger partial charge in [0.2, 0.25) is 11.5 Å². The predicted molar refractivity (Wildman–Crippen MR) is 148 cm³/mol. The van der Waals surface area contributed by atoms with E-state index in [0.29, 0.717) is 47.1 Å². The minimum atomic E-state index is -0.119. The number of fused-ring (bicyclic) bond motifs is 1. The first-order valence-corrected chi connectivity index (χ1v) is 12.9. The van der Waals surface area contributed by atoms with Crippen molar-refractivity contribution in [1.29, 1.82) is 5.41 Å². The fourth-order valence-electron chi connectivity index (χ4n) is 4.48. The summed E-state index contributed by atoms with van der Waals surface area (Å²) in [5, 5.41) is 9.92. The van der Waals surface area contributed by atoms with Crippen LogP contribution in [0, 0.1) is 19.3 Å². The van der Waals surface area contributed by atoms with E-state index in [2.05, 4.69) is 6.07 Å². The molecule has 4 aromatic rings. The Morgan fingerprint density at radius 1 is 0.973 bits per heavy atom. The number of ketones is 1. The highest BCUT2D eigenvalue weighted by atomic mass is 35.5. The number of rotatable bonds is 9. The van der Waals surface area contributed by atoms with Crippen LogP contribution in [0.1, 0.15) is 33.5 Å². The van der Waals surface area contributed by atoms with Gasteiger partial charge in [-0.05, 0) is 67.8 Å². The van der Waals surface area contributed by atoms with Crippen LogP contribution in [0.3, 0.4) is 0 Å². The van der Waals surface area contributed by atoms with Gasteiger partial charge in [-0.15, -0.1) is 0 Å². The third-order valence-electron chi connectivity index (χ3n) is 6.65. The molecule has 0 atom stereocenters. The molecule has 0 bridgehead atoms. The molecule has 1 heterocycles. The standard InChI is InChI=1S/C29H30Cl2N4O2/c1-19-8-9-20(2)22(16-19)17-27(37)33(3)14-5-15-34-28-24(31)6-4-7-25(28)35(29(34)32)18-26(36)21-10-12-23(30)13-11-21/h4,6-13,16,32H,5,14-15,17-18H2,1-3H3. The molecule has 1 aromatic heterocycles. The summed E-state index contributed by atoms with van der Waals surface area (Å²) in [7, 11) is 1.81. The molecule has 3 aromatic carbocycles. The van der Waals surface area contributed by atoms with E-state index in [9.17, 15) is 9.59 Å². The molecule has 0 saturated carbocycles. The molecule has 0 aliphatic heterocycles. The first kappa shape index (κ1) is 26.7. The molecule has 4 rings (SSSR count). The van der Waals surface area contributed by atoms with Gasteiger partial charge in [0, 0.05) is 30.7 Å². The first-order chi connectivity index (χ1) is 17.7. The largest absolute Gasteiger partial charge is 0.345 e. The third-order valence-corrected chi connectivity index (χ3v) is 7.21. The Bertz CT molecular complexity index is 1520. The topological polar surface area (TPSA) is 71.1 Å². The lowest BCUT2D eigenvalue weighted by Crippen LogP contribution is -2.31. The van der Waals surface area contributed by atoms with E-state index in [1.165, 1.54) is 0 Å². The normalized spacial score (nSPS) is 11.2. The fourth-order valence-corrected chi connectivity index (χ4v) is 4.88. The molecule has 1 N–H and O–H groups in total. The van der Waals surface area contributed by atoms with Crippen molar-refractivity contribution in [3.05, 3.63) is 98.6 Å². The van der Waals surface area contributed by atoms with Crippen LogP contribution < -0.4 is 5.62 Å². The lowest BCUT2D eigenvalue weighted by Gasteiger charge is -2.18. The van der Waals surface area contributed by atoms with Crippen LogP contribution in [0.5, 0.6) is 0 Å². The van der Waals surface area contributed by atoms with E-state index in [1.807, 2.05) is 42.7 Å². The van der Waals surface area contributed by atoms with Crippen LogP contribution in [0.15, 0.2) is 60.7 Å². The van der Waals surface area contributed by atoms with Crippen LogP contribution >= 0.6 is 23.2 Å². The van der Waals surface area contributed by atoms with Crippen LogP contribution in [0.25, 0.3) is 11.0 Å². The number of likely N-dealkylation sites (N-methyl/N-ethyl adjacent to an activating group) is 1. The van der Waals surface area contributed by atoms with Gasteiger partial charge in [0.25, 0.3) is 0 Å². The monoisotopic (exact) mass is 536 g/mol. The van der Waals surface area contributed by atoms with Crippen molar-refractivity contribution in [3.63, 3.8) is 0 Å². The number of imidazole rings is 1. The lowest BCUT2D eigenvalue weighted by atomic mass is 10.0. The molecule has 0 radical (unpaired) electrons. The fraction of sp³-hybridized carbons (Fsp3) is 0.276. The zero-order valence-corrected chi connectivity index (χ0v) is 22.7. The van der Waals surface area contributed by atoms with Gasteiger partial charge in [0.15, 0.2) is 5.78 Å². The molecular formula is C29H30Cl2N4O2. The number of aryl methyl sites for hydroxylation is 3. The number of aromatic nitrogens is 2. The Labute approximate surface area is 226 Å². The Morgan fingerprint density at radius 2 is 1.70 bits per heavy atom. The van der Waals surface area contributed by atoms with E-state index < -0.39 is 0 Å². The molecule has 0 fully saturated rings. The number of hydrogen-bond donors (Lipinski definition) is 1. The number of halogens is 2. The number of benzene rings is 3. The summed E-state index contributed by atoms with van der Waals surface area (Å²) in [5.41, 5.74) is 5.44. The first-order valence-electron chi connectivity index (χ1n) is 12.2. The molecular weight excluding hydrogens is 507 g/mol. The van der Waals surface area contributed by atoms with E-state index in [0.717, 1.165) is 22.2 Å². The van der Waals surface area contributed by atoms with Gasteiger partial charge >= 0.3 is 0 Å².